The Hall–Kier alpha value is -3.88. The quantitative estimate of drug-likeness (QED) is 0.258. The molecule has 164 valence electrons. The number of carbonyl (C=O) groups is 3. The normalized spacial score (nSPS) is 11.1. The van der Waals surface area contributed by atoms with Crippen LogP contribution in [0, 0.1) is 0 Å². The van der Waals surface area contributed by atoms with E-state index in [1.807, 2.05) is 12.1 Å². The summed E-state index contributed by atoms with van der Waals surface area (Å²) in [6.45, 7) is 0.141. The zero-order chi connectivity index (χ0) is 22.5. The van der Waals surface area contributed by atoms with Crippen LogP contribution in [0.5, 0.6) is 0 Å². The van der Waals surface area contributed by atoms with Gasteiger partial charge >= 0.3 is 12.2 Å². The zero-order valence-electron chi connectivity index (χ0n) is 17.1. The summed E-state index contributed by atoms with van der Waals surface area (Å²) in [5.74, 6) is -0.0796. The number of hydrogen-bond acceptors (Lipinski definition) is 6. The van der Waals surface area contributed by atoms with Gasteiger partial charge in [0.15, 0.2) is 5.96 Å². The summed E-state index contributed by atoms with van der Waals surface area (Å²) in [7, 11) is 0. The molecule has 0 heterocycles. The Morgan fingerprint density at radius 1 is 0.903 bits per heavy atom. The van der Waals surface area contributed by atoms with E-state index in [4.69, 9.17) is 20.9 Å². The highest BCUT2D eigenvalue weighted by Gasteiger charge is 2.32. The van der Waals surface area contributed by atoms with Crippen LogP contribution in [0.1, 0.15) is 24.0 Å². The molecule has 0 radical (unpaired) electrons. The molecule has 0 aromatic heterocycles. The third kappa shape index (κ3) is 8.17. The summed E-state index contributed by atoms with van der Waals surface area (Å²) in [4.78, 5) is 41.6. The Morgan fingerprint density at radius 3 is 1.81 bits per heavy atom. The molecule has 0 aliphatic heterocycles. The van der Waals surface area contributed by atoms with Crippen LogP contribution in [0.25, 0.3) is 0 Å². The smallest absolute Gasteiger partial charge is 0.420 e. The molecule has 0 fully saturated rings. The van der Waals surface area contributed by atoms with Crippen LogP contribution in [0.4, 0.5) is 9.59 Å². The lowest BCUT2D eigenvalue weighted by atomic mass is 10.1. The SMILES string of the molecule is NC(N)=NCCC[C@@H](C=O)N(C(=O)OCc1ccccc1)C(=O)OCc1ccccc1. The number of hydrogen-bond donors (Lipinski definition) is 2. The minimum atomic E-state index is -1.08. The number of guanidine groups is 1. The molecule has 2 rings (SSSR count). The van der Waals surface area contributed by atoms with E-state index in [1.54, 1.807) is 48.5 Å². The number of aldehydes is 1. The first-order valence-corrected chi connectivity index (χ1v) is 9.72. The van der Waals surface area contributed by atoms with E-state index in [0.717, 1.165) is 11.1 Å². The Balaban J connectivity index is 2.07. The molecule has 31 heavy (non-hydrogen) atoms. The fourth-order valence-corrected chi connectivity index (χ4v) is 2.69. The monoisotopic (exact) mass is 426 g/mol. The highest BCUT2D eigenvalue weighted by atomic mass is 16.6. The van der Waals surface area contributed by atoms with Gasteiger partial charge in [-0.3, -0.25) is 4.99 Å². The van der Waals surface area contributed by atoms with Crippen molar-refractivity contribution in [2.45, 2.75) is 32.1 Å². The number of rotatable bonds is 10. The first-order valence-electron chi connectivity index (χ1n) is 9.72. The van der Waals surface area contributed by atoms with Gasteiger partial charge in [-0.15, -0.1) is 0 Å². The Labute approximate surface area is 180 Å². The molecule has 0 spiro atoms. The first-order chi connectivity index (χ1) is 15.0. The average molecular weight is 426 g/mol. The molecule has 0 unspecified atom stereocenters. The summed E-state index contributed by atoms with van der Waals surface area (Å²) < 4.78 is 10.5. The molecule has 2 amide bonds. The van der Waals surface area contributed by atoms with Crippen molar-refractivity contribution in [2.24, 2.45) is 16.5 Å². The van der Waals surface area contributed by atoms with Crippen molar-refractivity contribution < 1.29 is 23.9 Å². The molecule has 0 aliphatic carbocycles. The van der Waals surface area contributed by atoms with Crippen LogP contribution in [-0.4, -0.2) is 41.9 Å². The molecule has 9 nitrogen and oxygen atoms in total. The van der Waals surface area contributed by atoms with E-state index in [2.05, 4.69) is 4.99 Å². The van der Waals surface area contributed by atoms with Crippen molar-refractivity contribution in [3.8, 4) is 0 Å². The maximum absolute atomic E-state index is 12.7. The summed E-state index contributed by atoms with van der Waals surface area (Å²) in [5, 5.41) is 0. The standard InChI is InChI=1S/C22H26N4O5/c23-20(24)25-13-7-12-19(14-27)26(21(28)30-15-17-8-3-1-4-9-17)22(29)31-16-18-10-5-2-6-11-18/h1-6,8-11,14,19H,7,12-13,15-16H2,(H4,23,24,25)/t19-/m0/s1. The molecule has 0 bridgehead atoms. The first kappa shape index (κ1) is 23.4. The lowest BCUT2D eigenvalue weighted by molar-refractivity contribution is -0.112. The molecule has 0 aliphatic rings. The van der Waals surface area contributed by atoms with E-state index < -0.39 is 18.2 Å². The predicted octanol–water partition coefficient (Wildman–Crippen LogP) is 2.58. The van der Waals surface area contributed by atoms with E-state index in [0.29, 0.717) is 17.6 Å². The number of amides is 2. The van der Waals surface area contributed by atoms with E-state index in [-0.39, 0.29) is 32.1 Å². The van der Waals surface area contributed by atoms with Crippen molar-refractivity contribution in [1.82, 2.24) is 4.90 Å². The molecule has 9 heteroatoms. The Kier molecular flexibility index (Phi) is 9.54. The average Bonchev–Trinajstić information content (AvgIpc) is 2.79. The van der Waals surface area contributed by atoms with Crippen molar-refractivity contribution in [2.75, 3.05) is 6.54 Å². The fourth-order valence-electron chi connectivity index (χ4n) is 2.69. The molecule has 0 saturated carbocycles. The van der Waals surface area contributed by atoms with Crippen LogP contribution >= 0.6 is 0 Å². The van der Waals surface area contributed by atoms with Gasteiger partial charge in [0.05, 0.1) is 0 Å². The molecule has 4 N–H and O–H groups in total. The molecule has 1 atom stereocenters. The van der Waals surface area contributed by atoms with Gasteiger partial charge in [0.2, 0.25) is 0 Å². The minimum Gasteiger partial charge on any atom is -0.444 e. The summed E-state index contributed by atoms with van der Waals surface area (Å²) in [5.41, 5.74) is 12.1. The van der Waals surface area contributed by atoms with Crippen molar-refractivity contribution >= 4 is 24.4 Å². The van der Waals surface area contributed by atoms with E-state index in [9.17, 15) is 14.4 Å². The second-order valence-corrected chi connectivity index (χ2v) is 6.60. The number of carbonyl (C=O) groups excluding carboxylic acids is 3. The lowest BCUT2D eigenvalue weighted by Gasteiger charge is -2.25. The fraction of sp³-hybridized carbons (Fsp3) is 0.273. The van der Waals surface area contributed by atoms with Gasteiger partial charge in [-0.2, -0.15) is 0 Å². The third-order valence-corrected chi connectivity index (χ3v) is 4.24. The Bertz CT molecular complexity index is 814. The maximum Gasteiger partial charge on any atom is 0.420 e. The van der Waals surface area contributed by atoms with Crippen LogP contribution < -0.4 is 11.5 Å². The van der Waals surface area contributed by atoms with Crippen molar-refractivity contribution in [3.05, 3.63) is 71.8 Å². The van der Waals surface area contributed by atoms with Crippen molar-refractivity contribution in [1.29, 1.82) is 0 Å². The highest BCUT2D eigenvalue weighted by molar-refractivity contribution is 5.91. The molecular weight excluding hydrogens is 400 g/mol. The maximum atomic E-state index is 12.7. The number of imide groups is 1. The number of nitrogens with zero attached hydrogens (tertiary/aromatic N) is 2. The number of nitrogens with two attached hydrogens (primary N) is 2. The Morgan fingerprint density at radius 2 is 1.39 bits per heavy atom. The van der Waals surface area contributed by atoms with E-state index in [1.165, 1.54) is 0 Å². The predicted molar refractivity (Wildman–Crippen MR) is 115 cm³/mol. The van der Waals surface area contributed by atoms with Gasteiger partial charge in [0, 0.05) is 6.54 Å². The molecule has 2 aromatic carbocycles. The van der Waals surface area contributed by atoms with Gasteiger partial charge in [0.25, 0.3) is 0 Å². The third-order valence-electron chi connectivity index (χ3n) is 4.24. The molecule has 0 saturated heterocycles. The molecule has 2 aromatic rings. The van der Waals surface area contributed by atoms with Gasteiger partial charge in [0.1, 0.15) is 25.5 Å². The number of benzene rings is 2. The number of aliphatic imine (C=N–C) groups is 1. The van der Waals surface area contributed by atoms with Crippen LogP contribution in [0.3, 0.4) is 0 Å². The number of ether oxygens (including phenoxy) is 2. The van der Waals surface area contributed by atoms with Gasteiger partial charge in [-0.25, -0.2) is 14.5 Å². The summed E-state index contributed by atoms with van der Waals surface area (Å²) >= 11 is 0. The second-order valence-electron chi connectivity index (χ2n) is 6.60. The summed E-state index contributed by atoms with van der Waals surface area (Å²) in [6.07, 6.45) is -0.915. The highest BCUT2D eigenvalue weighted by Crippen LogP contribution is 2.13. The van der Waals surface area contributed by atoms with Gasteiger partial charge < -0.3 is 25.7 Å². The largest absolute Gasteiger partial charge is 0.444 e. The topological polar surface area (TPSA) is 137 Å². The summed E-state index contributed by atoms with van der Waals surface area (Å²) in [6, 6.07) is 16.9. The van der Waals surface area contributed by atoms with E-state index >= 15 is 0 Å². The van der Waals surface area contributed by atoms with Crippen LogP contribution in [0.2, 0.25) is 0 Å². The van der Waals surface area contributed by atoms with Crippen molar-refractivity contribution in [3.63, 3.8) is 0 Å². The van der Waals surface area contributed by atoms with Gasteiger partial charge in [-0.1, -0.05) is 60.7 Å². The van der Waals surface area contributed by atoms with Crippen LogP contribution in [0.15, 0.2) is 65.7 Å². The second kappa shape index (κ2) is 12.6. The van der Waals surface area contributed by atoms with Gasteiger partial charge in [-0.05, 0) is 24.0 Å². The van der Waals surface area contributed by atoms with Crippen LogP contribution in [-0.2, 0) is 27.5 Å². The lowest BCUT2D eigenvalue weighted by Crippen LogP contribution is -2.46. The molecular formula is C22H26N4O5. The minimum absolute atomic E-state index is 0.0539. The zero-order valence-corrected chi connectivity index (χ0v) is 17.1.